The molecule has 0 spiro atoms. The van der Waals surface area contributed by atoms with E-state index in [1.807, 2.05) is 60.7 Å². The Kier molecular flexibility index (Phi) is 5.89. The fourth-order valence-corrected chi connectivity index (χ4v) is 3.19. The van der Waals surface area contributed by atoms with Crippen molar-refractivity contribution in [2.24, 2.45) is 0 Å². The van der Waals surface area contributed by atoms with E-state index in [1.54, 1.807) is 9.80 Å². The van der Waals surface area contributed by atoms with E-state index in [2.05, 4.69) is 12.2 Å². The van der Waals surface area contributed by atoms with Gasteiger partial charge in [-0.25, -0.2) is 4.79 Å². The lowest BCUT2D eigenvalue weighted by Crippen LogP contribution is -2.46. The minimum Gasteiger partial charge on any atom is -0.333 e. The molecule has 1 heterocycles. The van der Waals surface area contributed by atoms with E-state index in [1.165, 1.54) is 0 Å². The Hall–Kier alpha value is -2.82. The third-order valence-corrected chi connectivity index (χ3v) is 4.57. The van der Waals surface area contributed by atoms with Gasteiger partial charge < -0.3 is 10.2 Å². The highest BCUT2D eigenvalue weighted by Gasteiger charge is 2.32. The van der Waals surface area contributed by atoms with Gasteiger partial charge in [-0.3, -0.25) is 9.69 Å². The third kappa shape index (κ3) is 4.23. The van der Waals surface area contributed by atoms with E-state index < -0.39 is 0 Å². The molecule has 2 aromatic rings. The first-order valence-corrected chi connectivity index (χ1v) is 9.17. The number of nitrogens with one attached hydrogen (secondary N) is 1. The van der Waals surface area contributed by atoms with Crippen molar-refractivity contribution >= 4 is 23.3 Å². The maximum atomic E-state index is 12.8. The molecular weight excluding hydrogens is 326 g/mol. The first kappa shape index (κ1) is 18.0. The predicted molar refractivity (Wildman–Crippen MR) is 104 cm³/mol. The van der Waals surface area contributed by atoms with Crippen molar-refractivity contribution in [3.63, 3.8) is 0 Å². The van der Waals surface area contributed by atoms with Gasteiger partial charge in [-0.2, -0.15) is 0 Å². The summed E-state index contributed by atoms with van der Waals surface area (Å²) >= 11 is 0. The molecule has 136 valence electrons. The number of hydrogen-bond donors (Lipinski definition) is 1. The van der Waals surface area contributed by atoms with Crippen molar-refractivity contribution in [1.82, 2.24) is 5.32 Å². The smallest absolute Gasteiger partial charge is 0.322 e. The summed E-state index contributed by atoms with van der Waals surface area (Å²) in [6, 6.07) is 18.9. The number of carbonyl (C=O) groups excluding carboxylic acids is 2. The minimum atomic E-state index is -0.178. The van der Waals surface area contributed by atoms with Crippen LogP contribution >= 0.6 is 0 Å². The molecule has 0 aromatic heterocycles. The highest BCUT2D eigenvalue weighted by atomic mass is 16.2. The van der Waals surface area contributed by atoms with Gasteiger partial charge >= 0.3 is 6.03 Å². The van der Waals surface area contributed by atoms with Crippen molar-refractivity contribution in [1.29, 1.82) is 0 Å². The number of para-hydroxylation sites is 2. The Labute approximate surface area is 154 Å². The van der Waals surface area contributed by atoms with Gasteiger partial charge in [-0.05, 0) is 30.7 Å². The molecule has 1 saturated heterocycles. The van der Waals surface area contributed by atoms with Crippen LogP contribution in [0, 0.1) is 0 Å². The van der Waals surface area contributed by atoms with Crippen LogP contribution in [-0.2, 0) is 4.79 Å². The summed E-state index contributed by atoms with van der Waals surface area (Å²) in [7, 11) is 0. The maximum Gasteiger partial charge on any atom is 0.322 e. The average Bonchev–Trinajstić information content (AvgIpc) is 3.03. The summed E-state index contributed by atoms with van der Waals surface area (Å²) in [5, 5.41) is 3.04. The molecule has 3 amide bonds. The van der Waals surface area contributed by atoms with Crippen LogP contribution in [0.15, 0.2) is 60.7 Å². The summed E-state index contributed by atoms with van der Waals surface area (Å²) in [5.74, 6) is 0.0429. The predicted octanol–water partition coefficient (Wildman–Crippen LogP) is 3.81. The van der Waals surface area contributed by atoms with Gasteiger partial charge in [-0.15, -0.1) is 0 Å². The molecule has 0 bridgehead atoms. The largest absolute Gasteiger partial charge is 0.333 e. The lowest BCUT2D eigenvalue weighted by molar-refractivity contribution is -0.117. The highest BCUT2D eigenvalue weighted by molar-refractivity contribution is 5.98. The molecule has 1 unspecified atom stereocenters. The second-order valence-electron chi connectivity index (χ2n) is 6.53. The van der Waals surface area contributed by atoms with Crippen LogP contribution in [0.5, 0.6) is 0 Å². The minimum absolute atomic E-state index is 0.0429. The van der Waals surface area contributed by atoms with E-state index in [4.69, 9.17) is 0 Å². The summed E-state index contributed by atoms with van der Waals surface area (Å²) in [4.78, 5) is 28.7. The molecule has 1 fully saturated rings. The fourth-order valence-electron chi connectivity index (χ4n) is 3.19. The Morgan fingerprint density at radius 2 is 1.77 bits per heavy atom. The molecule has 1 aliphatic heterocycles. The number of benzene rings is 2. The Balaban J connectivity index is 1.67. The molecule has 5 heteroatoms. The molecule has 1 N–H and O–H groups in total. The van der Waals surface area contributed by atoms with Gasteiger partial charge in [-0.1, -0.05) is 49.7 Å². The number of unbranched alkanes of at least 4 members (excludes halogenated alkanes) is 1. The van der Waals surface area contributed by atoms with Gasteiger partial charge in [0.25, 0.3) is 0 Å². The number of hydrogen-bond acceptors (Lipinski definition) is 2. The van der Waals surface area contributed by atoms with Gasteiger partial charge in [0.15, 0.2) is 0 Å². The summed E-state index contributed by atoms with van der Waals surface area (Å²) in [5.41, 5.74) is 1.75. The van der Waals surface area contributed by atoms with Crippen molar-refractivity contribution in [2.45, 2.75) is 32.2 Å². The van der Waals surface area contributed by atoms with E-state index in [9.17, 15) is 9.59 Å². The zero-order chi connectivity index (χ0) is 18.4. The molecule has 26 heavy (non-hydrogen) atoms. The normalized spacial score (nSPS) is 16.6. The standard InChI is InChI=1S/C21H25N3O2/c1-2-3-14-23(18-10-6-4-7-11-18)21(26)22-17-15-20(25)24(16-17)19-12-8-5-9-13-19/h4-13,17H,2-3,14-16H2,1H3,(H,22,26). The number of carbonyl (C=O) groups is 2. The number of rotatable bonds is 6. The van der Waals surface area contributed by atoms with E-state index >= 15 is 0 Å². The molecule has 1 atom stereocenters. The second-order valence-corrected chi connectivity index (χ2v) is 6.53. The molecular formula is C21H25N3O2. The van der Waals surface area contributed by atoms with Gasteiger partial charge in [0.2, 0.25) is 5.91 Å². The Bertz CT molecular complexity index is 733. The SMILES string of the molecule is CCCCN(C(=O)NC1CC(=O)N(c2ccccc2)C1)c1ccccc1. The lowest BCUT2D eigenvalue weighted by Gasteiger charge is -2.25. The average molecular weight is 351 g/mol. The van der Waals surface area contributed by atoms with Gasteiger partial charge in [0.1, 0.15) is 0 Å². The van der Waals surface area contributed by atoms with Gasteiger partial charge in [0.05, 0.1) is 6.04 Å². The van der Waals surface area contributed by atoms with Crippen LogP contribution in [0.1, 0.15) is 26.2 Å². The summed E-state index contributed by atoms with van der Waals surface area (Å²) in [6.07, 6.45) is 2.28. The number of amides is 3. The van der Waals surface area contributed by atoms with Crippen LogP contribution in [-0.4, -0.2) is 31.1 Å². The molecule has 2 aromatic carbocycles. The quantitative estimate of drug-likeness (QED) is 0.860. The fraction of sp³-hybridized carbons (Fsp3) is 0.333. The first-order valence-electron chi connectivity index (χ1n) is 9.17. The molecule has 5 nitrogen and oxygen atoms in total. The summed E-state index contributed by atoms with van der Waals surface area (Å²) < 4.78 is 0. The summed E-state index contributed by atoms with van der Waals surface area (Å²) in [6.45, 7) is 3.27. The van der Waals surface area contributed by atoms with E-state index in [0.717, 1.165) is 24.2 Å². The first-order chi connectivity index (χ1) is 12.7. The van der Waals surface area contributed by atoms with Crippen LogP contribution < -0.4 is 15.1 Å². The highest BCUT2D eigenvalue weighted by Crippen LogP contribution is 2.22. The van der Waals surface area contributed by atoms with Gasteiger partial charge in [0, 0.05) is 30.9 Å². The monoisotopic (exact) mass is 351 g/mol. The van der Waals surface area contributed by atoms with Crippen molar-refractivity contribution in [3.05, 3.63) is 60.7 Å². The number of nitrogens with zero attached hydrogens (tertiary/aromatic N) is 2. The van der Waals surface area contributed by atoms with Crippen molar-refractivity contribution in [3.8, 4) is 0 Å². The molecule has 0 radical (unpaired) electrons. The van der Waals surface area contributed by atoms with Crippen molar-refractivity contribution < 1.29 is 9.59 Å². The maximum absolute atomic E-state index is 12.8. The Morgan fingerprint density at radius 1 is 1.12 bits per heavy atom. The Morgan fingerprint density at radius 3 is 2.42 bits per heavy atom. The number of urea groups is 1. The van der Waals surface area contributed by atoms with Crippen LogP contribution in [0.25, 0.3) is 0 Å². The topological polar surface area (TPSA) is 52.7 Å². The zero-order valence-electron chi connectivity index (χ0n) is 15.1. The lowest BCUT2D eigenvalue weighted by atomic mass is 10.2. The van der Waals surface area contributed by atoms with E-state index in [0.29, 0.717) is 19.5 Å². The molecule has 1 aliphatic rings. The van der Waals surface area contributed by atoms with Crippen LogP contribution in [0.2, 0.25) is 0 Å². The van der Waals surface area contributed by atoms with Crippen LogP contribution in [0.4, 0.5) is 16.2 Å². The van der Waals surface area contributed by atoms with Crippen molar-refractivity contribution in [2.75, 3.05) is 22.9 Å². The number of anilines is 2. The molecule has 0 saturated carbocycles. The molecule has 0 aliphatic carbocycles. The van der Waals surface area contributed by atoms with E-state index in [-0.39, 0.29) is 18.0 Å². The second kappa shape index (κ2) is 8.52. The van der Waals surface area contributed by atoms with Crippen LogP contribution in [0.3, 0.4) is 0 Å². The third-order valence-electron chi connectivity index (χ3n) is 4.57. The zero-order valence-corrected chi connectivity index (χ0v) is 15.1. The molecule has 3 rings (SSSR count).